The molecular weight excluding hydrogens is 176 g/mol. The van der Waals surface area contributed by atoms with E-state index in [1.54, 1.807) is 0 Å². The summed E-state index contributed by atoms with van der Waals surface area (Å²) in [5.41, 5.74) is 1.75. The Kier molecular flexibility index (Phi) is 3.73. The molecule has 0 amide bonds. The highest BCUT2D eigenvalue weighted by Crippen LogP contribution is 2.39. The Bertz CT molecular complexity index is 239. The summed E-state index contributed by atoms with van der Waals surface area (Å²) in [5, 5.41) is 0. The molecule has 1 aliphatic carbocycles. The number of hydrogen-bond acceptors (Lipinski definition) is 2. The molecule has 0 radical (unpaired) electrons. The van der Waals surface area contributed by atoms with Crippen molar-refractivity contribution in [3.8, 4) is 0 Å². The van der Waals surface area contributed by atoms with Crippen LogP contribution in [0.3, 0.4) is 0 Å². The number of esters is 1. The highest BCUT2D eigenvalue weighted by Gasteiger charge is 2.25. The van der Waals surface area contributed by atoms with Gasteiger partial charge in [-0.05, 0) is 30.8 Å². The Morgan fingerprint density at radius 2 is 2.21 bits per heavy atom. The molecule has 0 aliphatic heterocycles. The van der Waals surface area contributed by atoms with Gasteiger partial charge in [-0.15, -0.1) is 0 Å². The molecule has 1 saturated carbocycles. The average Bonchev–Trinajstić information content (AvgIpc) is 2.07. The van der Waals surface area contributed by atoms with Crippen molar-refractivity contribution in [3.63, 3.8) is 0 Å². The second-order valence-corrected chi connectivity index (χ2v) is 4.62. The first-order chi connectivity index (χ1) is 6.52. The van der Waals surface area contributed by atoms with Gasteiger partial charge in [0.1, 0.15) is 6.61 Å². The van der Waals surface area contributed by atoms with E-state index < -0.39 is 0 Å². The SMILES string of the molecule is CC(=O)OC/C=C1/CCCCC1(C)C. The maximum absolute atomic E-state index is 10.6. The monoisotopic (exact) mass is 196 g/mol. The molecule has 1 aliphatic rings. The van der Waals surface area contributed by atoms with Crippen LogP contribution < -0.4 is 0 Å². The van der Waals surface area contributed by atoms with Crippen LogP contribution in [0.4, 0.5) is 0 Å². The summed E-state index contributed by atoms with van der Waals surface area (Å²) in [5.74, 6) is -0.199. The lowest BCUT2D eigenvalue weighted by Gasteiger charge is -2.32. The average molecular weight is 196 g/mol. The van der Waals surface area contributed by atoms with Gasteiger partial charge in [-0.25, -0.2) is 0 Å². The van der Waals surface area contributed by atoms with E-state index in [2.05, 4.69) is 19.9 Å². The minimum Gasteiger partial charge on any atom is -0.462 e. The predicted molar refractivity (Wildman–Crippen MR) is 57.0 cm³/mol. The fraction of sp³-hybridized carbons (Fsp3) is 0.750. The summed E-state index contributed by atoms with van der Waals surface area (Å²) in [7, 11) is 0. The van der Waals surface area contributed by atoms with Gasteiger partial charge in [0.15, 0.2) is 0 Å². The van der Waals surface area contributed by atoms with Crippen molar-refractivity contribution >= 4 is 5.97 Å². The summed E-state index contributed by atoms with van der Waals surface area (Å²) in [6, 6.07) is 0. The number of carbonyl (C=O) groups is 1. The fourth-order valence-electron chi connectivity index (χ4n) is 2.02. The molecule has 0 atom stereocenters. The lowest BCUT2D eigenvalue weighted by molar-refractivity contribution is -0.139. The molecule has 1 fully saturated rings. The van der Waals surface area contributed by atoms with Crippen molar-refractivity contribution < 1.29 is 9.53 Å². The molecule has 80 valence electrons. The minimum absolute atomic E-state index is 0.199. The topological polar surface area (TPSA) is 26.3 Å². The summed E-state index contributed by atoms with van der Waals surface area (Å²) in [6.07, 6.45) is 7.08. The molecule has 0 N–H and O–H groups in total. The lowest BCUT2D eigenvalue weighted by atomic mass is 9.73. The van der Waals surface area contributed by atoms with Gasteiger partial charge in [0.2, 0.25) is 0 Å². The van der Waals surface area contributed by atoms with Crippen LogP contribution in [0, 0.1) is 5.41 Å². The number of hydrogen-bond donors (Lipinski definition) is 0. The largest absolute Gasteiger partial charge is 0.462 e. The van der Waals surface area contributed by atoms with Crippen LogP contribution in [0.2, 0.25) is 0 Å². The van der Waals surface area contributed by atoms with Crippen molar-refractivity contribution in [3.05, 3.63) is 11.6 Å². The molecule has 1 rings (SSSR count). The zero-order valence-electron chi connectivity index (χ0n) is 9.43. The first-order valence-corrected chi connectivity index (χ1v) is 5.35. The molecule has 0 spiro atoms. The molecule has 0 unspecified atom stereocenters. The Balaban J connectivity index is 2.51. The Labute approximate surface area is 86.3 Å². The number of carbonyl (C=O) groups excluding carboxylic acids is 1. The van der Waals surface area contributed by atoms with Gasteiger partial charge in [-0.2, -0.15) is 0 Å². The van der Waals surface area contributed by atoms with Crippen LogP contribution in [0.25, 0.3) is 0 Å². The Morgan fingerprint density at radius 3 is 2.79 bits per heavy atom. The predicted octanol–water partition coefficient (Wildman–Crippen LogP) is 3.08. The van der Waals surface area contributed by atoms with Crippen molar-refractivity contribution in [2.45, 2.75) is 46.5 Å². The first-order valence-electron chi connectivity index (χ1n) is 5.35. The van der Waals surface area contributed by atoms with Crippen LogP contribution in [-0.2, 0) is 9.53 Å². The molecule has 0 aromatic carbocycles. The molecular formula is C12H20O2. The highest BCUT2D eigenvalue weighted by atomic mass is 16.5. The van der Waals surface area contributed by atoms with E-state index in [0.29, 0.717) is 12.0 Å². The fourth-order valence-corrected chi connectivity index (χ4v) is 2.02. The van der Waals surface area contributed by atoms with E-state index in [9.17, 15) is 4.79 Å². The molecule has 0 saturated heterocycles. The summed E-state index contributed by atoms with van der Waals surface area (Å²) >= 11 is 0. The zero-order valence-corrected chi connectivity index (χ0v) is 9.43. The summed E-state index contributed by atoms with van der Waals surface area (Å²) in [4.78, 5) is 10.6. The van der Waals surface area contributed by atoms with E-state index in [4.69, 9.17) is 4.74 Å². The summed E-state index contributed by atoms with van der Waals surface area (Å²) < 4.78 is 4.92. The second-order valence-electron chi connectivity index (χ2n) is 4.62. The van der Waals surface area contributed by atoms with Gasteiger partial charge >= 0.3 is 5.97 Å². The van der Waals surface area contributed by atoms with Gasteiger partial charge in [0.25, 0.3) is 0 Å². The van der Waals surface area contributed by atoms with Crippen LogP contribution >= 0.6 is 0 Å². The van der Waals surface area contributed by atoms with Crippen LogP contribution in [-0.4, -0.2) is 12.6 Å². The van der Waals surface area contributed by atoms with Gasteiger partial charge in [0, 0.05) is 6.92 Å². The third kappa shape index (κ3) is 3.17. The smallest absolute Gasteiger partial charge is 0.302 e. The lowest BCUT2D eigenvalue weighted by Crippen LogP contribution is -2.19. The Hall–Kier alpha value is -0.790. The zero-order chi connectivity index (χ0) is 10.6. The van der Waals surface area contributed by atoms with Crippen LogP contribution in [0.5, 0.6) is 0 Å². The molecule has 2 nitrogen and oxygen atoms in total. The molecule has 0 aromatic rings. The van der Waals surface area contributed by atoms with Crippen molar-refractivity contribution in [2.75, 3.05) is 6.61 Å². The highest BCUT2D eigenvalue weighted by molar-refractivity contribution is 5.66. The number of ether oxygens (including phenoxy) is 1. The number of rotatable bonds is 2. The van der Waals surface area contributed by atoms with Crippen molar-refractivity contribution in [2.24, 2.45) is 5.41 Å². The van der Waals surface area contributed by atoms with Crippen molar-refractivity contribution in [1.82, 2.24) is 0 Å². The van der Waals surface area contributed by atoms with E-state index in [-0.39, 0.29) is 5.97 Å². The third-order valence-corrected chi connectivity index (χ3v) is 2.98. The van der Waals surface area contributed by atoms with E-state index in [1.165, 1.54) is 31.8 Å². The second kappa shape index (κ2) is 4.63. The molecule has 0 heterocycles. The van der Waals surface area contributed by atoms with E-state index in [1.807, 2.05) is 0 Å². The molecule has 0 bridgehead atoms. The normalized spacial score (nSPS) is 23.5. The summed E-state index contributed by atoms with van der Waals surface area (Å²) in [6.45, 7) is 6.43. The van der Waals surface area contributed by atoms with E-state index >= 15 is 0 Å². The minimum atomic E-state index is -0.199. The van der Waals surface area contributed by atoms with E-state index in [0.717, 1.165) is 6.42 Å². The molecule has 14 heavy (non-hydrogen) atoms. The van der Waals surface area contributed by atoms with Gasteiger partial charge in [-0.3, -0.25) is 4.79 Å². The maximum Gasteiger partial charge on any atom is 0.302 e. The first kappa shape index (κ1) is 11.3. The van der Waals surface area contributed by atoms with Gasteiger partial charge < -0.3 is 4.74 Å². The molecule has 2 heteroatoms. The number of allylic oxidation sites excluding steroid dienone is 1. The van der Waals surface area contributed by atoms with Gasteiger partial charge in [-0.1, -0.05) is 25.8 Å². The molecule has 0 aromatic heterocycles. The standard InChI is InChI=1S/C12H20O2/c1-10(13)14-9-7-11-6-4-5-8-12(11,2)3/h7H,4-6,8-9H2,1-3H3/b11-7-. The third-order valence-electron chi connectivity index (χ3n) is 2.98. The van der Waals surface area contributed by atoms with Gasteiger partial charge in [0.05, 0.1) is 0 Å². The van der Waals surface area contributed by atoms with Crippen molar-refractivity contribution in [1.29, 1.82) is 0 Å². The Morgan fingerprint density at radius 1 is 1.50 bits per heavy atom. The van der Waals surface area contributed by atoms with Crippen LogP contribution in [0.1, 0.15) is 46.5 Å². The van der Waals surface area contributed by atoms with Crippen LogP contribution in [0.15, 0.2) is 11.6 Å². The quantitative estimate of drug-likeness (QED) is 0.501. The maximum atomic E-state index is 10.6.